The van der Waals surface area contributed by atoms with E-state index >= 15 is 0 Å². The minimum Gasteiger partial charge on any atom is -0.315 e. The van der Waals surface area contributed by atoms with Crippen molar-refractivity contribution in [2.45, 2.75) is 6.92 Å². The van der Waals surface area contributed by atoms with E-state index in [2.05, 4.69) is 5.43 Å². The van der Waals surface area contributed by atoms with E-state index in [0.717, 1.165) is 11.3 Å². The average Bonchev–Trinajstić information content (AvgIpc) is 2.69. The number of aryl methyl sites for hydroxylation is 1. The van der Waals surface area contributed by atoms with E-state index < -0.39 is 11.4 Å². The molecule has 0 aliphatic rings. The summed E-state index contributed by atoms with van der Waals surface area (Å²) < 4.78 is 18.3. The number of halogens is 1. The zero-order chi connectivity index (χ0) is 13.4. The molecule has 0 atom stereocenters. The Kier molecular flexibility index (Phi) is 2.59. The Labute approximate surface area is 108 Å². The fourth-order valence-electron chi connectivity index (χ4n) is 1.86. The predicted octanol–water partition coefficient (Wildman–Crippen LogP) is 2.92. The number of nitrogens with zero attached hydrogens (tertiary/aromatic N) is 1. The maximum atomic E-state index is 13.2. The van der Waals surface area contributed by atoms with Crippen LogP contribution in [0.2, 0.25) is 0 Å². The Hall–Kier alpha value is -2.56. The Morgan fingerprint density at radius 1 is 1.16 bits per heavy atom. The lowest BCUT2D eigenvalue weighted by Gasteiger charge is -2.06. The van der Waals surface area contributed by atoms with Crippen molar-refractivity contribution < 1.29 is 8.91 Å². The van der Waals surface area contributed by atoms with Crippen LogP contribution in [0.15, 0.2) is 51.8 Å². The monoisotopic (exact) mass is 258 g/mol. The van der Waals surface area contributed by atoms with E-state index in [4.69, 9.17) is 4.52 Å². The molecule has 1 heterocycles. The number of hydrogen-bond donors (Lipinski definition) is 1. The lowest BCUT2D eigenvalue weighted by Crippen LogP contribution is -2.08. The van der Waals surface area contributed by atoms with E-state index in [9.17, 15) is 9.18 Å². The molecule has 0 aliphatic heterocycles. The molecule has 1 N–H and O–H groups in total. The highest BCUT2D eigenvalue weighted by molar-refractivity contribution is 5.78. The second kappa shape index (κ2) is 4.28. The molecule has 0 radical (unpaired) electrons. The largest absolute Gasteiger partial charge is 0.367 e. The highest BCUT2D eigenvalue weighted by atomic mass is 19.1. The molecule has 0 saturated heterocycles. The van der Waals surface area contributed by atoms with Gasteiger partial charge in [0, 0.05) is 6.07 Å². The molecule has 3 aromatic rings. The van der Waals surface area contributed by atoms with Crippen LogP contribution in [-0.2, 0) is 0 Å². The quantitative estimate of drug-likeness (QED) is 0.768. The molecule has 19 heavy (non-hydrogen) atoms. The summed E-state index contributed by atoms with van der Waals surface area (Å²) >= 11 is 0. The van der Waals surface area contributed by atoms with Crippen molar-refractivity contribution in [1.82, 2.24) is 4.85 Å². The average molecular weight is 258 g/mol. The molecule has 4 nitrogen and oxygen atoms in total. The zero-order valence-electron chi connectivity index (χ0n) is 10.2. The fraction of sp³-hybridized carbons (Fsp3) is 0.0714. The molecule has 0 spiro atoms. The van der Waals surface area contributed by atoms with E-state index in [1.165, 1.54) is 23.0 Å². The number of fused-ring (bicyclic) bond motifs is 1. The maximum absolute atomic E-state index is 13.2. The molecule has 3 rings (SSSR count). The molecule has 96 valence electrons. The van der Waals surface area contributed by atoms with Crippen LogP contribution < -0.4 is 11.1 Å². The van der Waals surface area contributed by atoms with Crippen LogP contribution in [0.5, 0.6) is 0 Å². The van der Waals surface area contributed by atoms with Crippen LogP contribution in [0.4, 0.5) is 10.1 Å². The smallest absolute Gasteiger partial charge is 0.315 e. The van der Waals surface area contributed by atoms with Gasteiger partial charge in [0.25, 0.3) is 0 Å². The van der Waals surface area contributed by atoms with Crippen LogP contribution in [-0.4, -0.2) is 4.85 Å². The normalized spacial score (nSPS) is 10.8. The van der Waals surface area contributed by atoms with Gasteiger partial charge in [-0.05, 0) is 31.2 Å². The van der Waals surface area contributed by atoms with E-state index in [-0.39, 0.29) is 0 Å². The van der Waals surface area contributed by atoms with Crippen LogP contribution in [0.25, 0.3) is 10.9 Å². The predicted molar refractivity (Wildman–Crippen MR) is 70.6 cm³/mol. The van der Waals surface area contributed by atoms with Crippen molar-refractivity contribution in [3.63, 3.8) is 0 Å². The van der Waals surface area contributed by atoms with Gasteiger partial charge in [-0.1, -0.05) is 17.7 Å². The molecule has 0 aliphatic carbocycles. The Morgan fingerprint density at radius 2 is 1.89 bits per heavy atom. The first-order valence-corrected chi connectivity index (χ1v) is 5.79. The van der Waals surface area contributed by atoms with Gasteiger partial charge in [-0.25, -0.2) is 9.18 Å². The summed E-state index contributed by atoms with van der Waals surface area (Å²) in [7, 11) is 0. The van der Waals surface area contributed by atoms with Gasteiger partial charge in [-0.15, -0.1) is 4.85 Å². The molecule has 5 heteroatoms. The summed E-state index contributed by atoms with van der Waals surface area (Å²) in [5.41, 5.74) is 4.63. The van der Waals surface area contributed by atoms with Crippen LogP contribution >= 0.6 is 0 Å². The van der Waals surface area contributed by atoms with Crippen molar-refractivity contribution in [1.29, 1.82) is 0 Å². The minimum atomic E-state index is -0.505. The van der Waals surface area contributed by atoms with Gasteiger partial charge in [-0.2, -0.15) is 0 Å². The summed E-state index contributed by atoms with van der Waals surface area (Å²) in [5.74, 6) is -0.423. The highest BCUT2D eigenvalue weighted by Crippen LogP contribution is 2.15. The number of aromatic nitrogens is 1. The van der Waals surface area contributed by atoms with Gasteiger partial charge in [0.2, 0.25) is 0 Å². The standard InChI is InChI=1S/C14H11FN2O2/c1-9-2-5-11(6-3-9)16-17-13-8-10(15)4-7-12(13)14(18)19-17/h2-8,16H,1H3. The summed E-state index contributed by atoms with van der Waals surface area (Å²) in [6, 6.07) is 11.4. The van der Waals surface area contributed by atoms with Crippen molar-refractivity contribution in [3.8, 4) is 0 Å². The lowest BCUT2D eigenvalue weighted by atomic mass is 10.2. The molecule has 1 aromatic heterocycles. The first-order chi connectivity index (χ1) is 9.13. The van der Waals surface area contributed by atoms with Gasteiger partial charge in [0.15, 0.2) is 0 Å². The SMILES string of the molecule is Cc1ccc(Nn2oc(=O)c3ccc(F)cc32)cc1. The molecule has 0 saturated carbocycles. The van der Waals surface area contributed by atoms with Gasteiger partial charge in [0.05, 0.1) is 11.1 Å². The number of anilines is 1. The van der Waals surface area contributed by atoms with Gasteiger partial charge in [-0.3, -0.25) is 5.43 Å². The molecule has 0 unspecified atom stereocenters. The van der Waals surface area contributed by atoms with Crippen molar-refractivity contribution in [2.75, 3.05) is 5.43 Å². The summed E-state index contributed by atoms with van der Waals surface area (Å²) in [6.07, 6.45) is 0. The van der Waals surface area contributed by atoms with Gasteiger partial charge >= 0.3 is 5.63 Å². The van der Waals surface area contributed by atoms with Crippen LogP contribution in [0.1, 0.15) is 5.56 Å². The third-order valence-electron chi connectivity index (χ3n) is 2.85. The Morgan fingerprint density at radius 3 is 2.63 bits per heavy atom. The van der Waals surface area contributed by atoms with E-state index in [1.54, 1.807) is 0 Å². The second-order valence-electron chi connectivity index (χ2n) is 4.31. The number of hydrogen-bond acceptors (Lipinski definition) is 3. The molecule has 0 fully saturated rings. The molecular formula is C14H11FN2O2. The number of benzene rings is 2. The Balaban J connectivity index is 2.07. The maximum Gasteiger partial charge on any atom is 0.367 e. The first-order valence-electron chi connectivity index (χ1n) is 5.79. The zero-order valence-corrected chi connectivity index (χ0v) is 10.2. The first kappa shape index (κ1) is 11.5. The number of rotatable bonds is 2. The Bertz CT molecular complexity index is 787. The topological polar surface area (TPSA) is 47.2 Å². The summed E-state index contributed by atoms with van der Waals surface area (Å²) in [4.78, 5) is 12.8. The third-order valence-corrected chi connectivity index (χ3v) is 2.85. The van der Waals surface area contributed by atoms with Gasteiger partial charge in [0.1, 0.15) is 11.3 Å². The second-order valence-corrected chi connectivity index (χ2v) is 4.31. The lowest BCUT2D eigenvalue weighted by molar-refractivity contribution is 0.310. The molecular weight excluding hydrogens is 247 g/mol. The van der Waals surface area contributed by atoms with Crippen LogP contribution in [0, 0.1) is 12.7 Å². The van der Waals surface area contributed by atoms with Gasteiger partial charge < -0.3 is 4.52 Å². The van der Waals surface area contributed by atoms with E-state index in [1.807, 2.05) is 31.2 Å². The number of nitrogens with one attached hydrogen (secondary N) is 1. The van der Waals surface area contributed by atoms with E-state index in [0.29, 0.717) is 10.9 Å². The highest BCUT2D eigenvalue weighted by Gasteiger charge is 2.10. The van der Waals surface area contributed by atoms with Crippen molar-refractivity contribution >= 4 is 16.6 Å². The third kappa shape index (κ3) is 2.10. The van der Waals surface area contributed by atoms with Crippen molar-refractivity contribution in [2.24, 2.45) is 0 Å². The fourth-order valence-corrected chi connectivity index (χ4v) is 1.86. The minimum absolute atomic E-state index is 0.334. The van der Waals surface area contributed by atoms with Crippen molar-refractivity contribution in [3.05, 3.63) is 64.3 Å². The molecule has 0 bridgehead atoms. The molecule has 0 amide bonds. The summed E-state index contributed by atoms with van der Waals surface area (Å²) in [6.45, 7) is 1.98. The molecule has 2 aromatic carbocycles. The summed E-state index contributed by atoms with van der Waals surface area (Å²) in [5, 5.41) is 0.334. The van der Waals surface area contributed by atoms with Crippen LogP contribution in [0.3, 0.4) is 0 Å².